The molecule has 114 valence electrons. The van der Waals surface area contributed by atoms with Crippen molar-refractivity contribution >= 4 is 17.6 Å². The minimum Gasteiger partial charge on any atom is -0.349 e. The summed E-state index contributed by atoms with van der Waals surface area (Å²) < 4.78 is 13.5. The molecule has 1 heterocycles. The Balaban J connectivity index is 1.89. The number of likely N-dealkylation sites (tertiary alicyclic amines) is 1. The van der Waals surface area contributed by atoms with Crippen molar-refractivity contribution in [1.29, 1.82) is 0 Å². The van der Waals surface area contributed by atoms with E-state index in [9.17, 15) is 14.0 Å². The van der Waals surface area contributed by atoms with Crippen LogP contribution in [0.2, 0.25) is 0 Å². The molecule has 6 heteroatoms. The number of urea groups is 1. The quantitative estimate of drug-likeness (QED) is 0.908. The second-order valence-electron chi connectivity index (χ2n) is 5.40. The maximum Gasteiger partial charge on any atom is 0.321 e. The fourth-order valence-corrected chi connectivity index (χ4v) is 2.45. The summed E-state index contributed by atoms with van der Waals surface area (Å²) in [6.07, 6.45) is 1.28. The van der Waals surface area contributed by atoms with Gasteiger partial charge in [-0.1, -0.05) is 12.1 Å². The Morgan fingerprint density at radius 3 is 2.43 bits per heavy atom. The van der Waals surface area contributed by atoms with Gasteiger partial charge in [0.25, 0.3) is 0 Å². The van der Waals surface area contributed by atoms with E-state index in [0.29, 0.717) is 25.9 Å². The van der Waals surface area contributed by atoms with Gasteiger partial charge >= 0.3 is 6.03 Å². The van der Waals surface area contributed by atoms with Gasteiger partial charge in [-0.15, -0.1) is 0 Å². The molecule has 0 atom stereocenters. The number of carbonyl (C=O) groups is 2. The SMILES string of the molecule is CN(C)C(=O)C1CCN(C(=O)Nc2ccccc2F)CC1. The number of nitrogens with zero attached hydrogens (tertiary/aromatic N) is 2. The summed E-state index contributed by atoms with van der Waals surface area (Å²) in [5.74, 6) is -0.384. The van der Waals surface area contributed by atoms with Crippen molar-refractivity contribution in [3.63, 3.8) is 0 Å². The highest BCUT2D eigenvalue weighted by Crippen LogP contribution is 2.20. The number of piperidine rings is 1. The highest BCUT2D eigenvalue weighted by Gasteiger charge is 2.28. The molecule has 0 radical (unpaired) electrons. The number of nitrogens with one attached hydrogen (secondary N) is 1. The molecule has 0 spiro atoms. The molecule has 0 aromatic heterocycles. The Labute approximate surface area is 123 Å². The predicted molar refractivity (Wildman–Crippen MR) is 78.4 cm³/mol. The van der Waals surface area contributed by atoms with E-state index >= 15 is 0 Å². The van der Waals surface area contributed by atoms with Crippen molar-refractivity contribution in [2.45, 2.75) is 12.8 Å². The molecule has 1 fully saturated rings. The lowest BCUT2D eigenvalue weighted by Gasteiger charge is -2.32. The van der Waals surface area contributed by atoms with E-state index in [1.54, 1.807) is 36.0 Å². The molecular weight excluding hydrogens is 273 g/mol. The molecule has 21 heavy (non-hydrogen) atoms. The molecule has 0 bridgehead atoms. The summed E-state index contributed by atoms with van der Waals surface area (Å²) in [5, 5.41) is 2.56. The molecule has 1 aromatic rings. The van der Waals surface area contributed by atoms with Crippen LogP contribution in [0, 0.1) is 11.7 Å². The number of para-hydroxylation sites is 1. The van der Waals surface area contributed by atoms with Crippen LogP contribution in [0.3, 0.4) is 0 Å². The highest BCUT2D eigenvalue weighted by atomic mass is 19.1. The van der Waals surface area contributed by atoms with Crippen molar-refractivity contribution in [3.05, 3.63) is 30.1 Å². The van der Waals surface area contributed by atoms with Crippen molar-refractivity contribution in [3.8, 4) is 0 Å². The van der Waals surface area contributed by atoms with Gasteiger partial charge in [-0.25, -0.2) is 9.18 Å². The molecule has 5 nitrogen and oxygen atoms in total. The first-order valence-corrected chi connectivity index (χ1v) is 7.00. The molecule has 3 amide bonds. The Hall–Kier alpha value is -2.11. The topological polar surface area (TPSA) is 52.7 Å². The molecule has 1 N–H and O–H groups in total. The minimum atomic E-state index is -0.455. The van der Waals surface area contributed by atoms with Gasteiger partial charge in [0.1, 0.15) is 5.82 Å². The van der Waals surface area contributed by atoms with Crippen molar-refractivity contribution in [2.75, 3.05) is 32.5 Å². The Bertz CT molecular complexity index is 525. The summed E-state index contributed by atoms with van der Waals surface area (Å²) >= 11 is 0. The van der Waals surface area contributed by atoms with Gasteiger partial charge < -0.3 is 15.1 Å². The van der Waals surface area contributed by atoms with Gasteiger partial charge in [0, 0.05) is 33.1 Å². The van der Waals surface area contributed by atoms with Gasteiger partial charge in [0.05, 0.1) is 5.69 Å². The summed E-state index contributed by atoms with van der Waals surface area (Å²) in [6, 6.07) is 5.74. The zero-order valence-corrected chi connectivity index (χ0v) is 12.3. The number of carbonyl (C=O) groups excluding carboxylic acids is 2. The van der Waals surface area contributed by atoms with Gasteiger partial charge in [-0.2, -0.15) is 0 Å². The third-order valence-electron chi connectivity index (χ3n) is 3.69. The van der Waals surface area contributed by atoms with Crippen LogP contribution < -0.4 is 5.32 Å². The molecule has 1 saturated heterocycles. The number of amides is 3. The van der Waals surface area contributed by atoms with Crippen molar-refractivity contribution in [2.24, 2.45) is 5.92 Å². The second kappa shape index (κ2) is 6.56. The van der Waals surface area contributed by atoms with E-state index in [1.165, 1.54) is 12.1 Å². The Kier molecular flexibility index (Phi) is 4.77. The second-order valence-corrected chi connectivity index (χ2v) is 5.40. The third-order valence-corrected chi connectivity index (χ3v) is 3.69. The average molecular weight is 293 g/mol. The van der Waals surface area contributed by atoms with Crippen LogP contribution in [0.15, 0.2) is 24.3 Å². The normalized spacial score (nSPS) is 15.7. The zero-order valence-electron chi connectivity index (χ0n) is 12.3. The van der Waals surface area contributed by atoms with E-state index < -0.39 is 5.82 Å². The maximum absolute atomic E-state index is 13.5. The first-order chi connectivity index (χ1) is 9.99. The van der Waals surface area contributed by atoms with E-state index in [2.05, 4.69) is 5.32 Å². The summed E-state index contributed by atoms with van der Waals surface area (Å²) in [6.45, 7) is 1.01. The predicted octanol–water partition coefficient (Wildman–Crippen LogP) is 2.16. The summed E-state index contributed by atoms with van der Waals surface area (Å²) in [4.78, 5) is 27.2. The Morgan fingerprint density at radius 1 is 1.24 bits per heavy atom. The maximum atomic E-state index is 13.5. The summed E-state index contributed by atoms with van der Waals surface area (Å²) in [5.41, 5.74) is 0.175. The number of hydrogen-bond donors (Lipinski definition) is 1. The summed E-state index contributed by atoms with van der Waals surface area (Å²) in [7, 11) is 3.47. The molecule has 2 rings (SSSR count). The van der Waals surface area contributed by atoms with Crippen LogP contribution in [-0.2, 0) is 4.79 Å². The molecule has 1 aromatic carbocycles. The number of halogens is 1. The molecule has 0 saturated carbocycles. The largest absolute Gasteiger partial charge is 0.349 e. The third kappa shape index (κ3) is 3.71. The molecule has 1 aliphatic heterocycles. The van der Waals surface area contributed by atoms with Crippen molar-refractivity contribution in [1.82, 2.24) is 9.80 Å². The lowest BCUT2D eigenvalue weighted by Crippen LogP contribution is -2.44. The number of anilines is 1. The van der Waals surface area contributed by atoms with Crippen LogP contribution in [0.5, 0.6) is 0 Å². The molecule has 1 aliphatic rings. The highest BCUT2D eigenvalue weighted by molar-refractivity contribution is 5.89. The van der Waals surface area contributed by atoms with Crippen LogP contribution in [0.4, 0.5) is 14.9 Å². The van der Waals surface area contributed by atoms with E-state index in [-0.39, 0.29) is 23.5 Å². The van der Waals surface area contributed by atoms with Crippen LogP contribution in [0.25, 0.3) is 0 Å². The molecule has 0 aliphatic carbocycles. The van der Waals surface area contributed by atoms with Crippen LogP contribution in [0.1, 0.15) is 12.8 Å². The monoisotopic (exact) mass is 293 g/mol. The number of hydrogen-bond acceptors (Lipinski definition) is 2. The van der Waals surface area contributed by atoms with Crippen molar-refractivity contribution < 1.29 is 14.0 Å². The smallest absolute Gasteiger partial charge is 0.321 e. The fraction of sp³-hybridized carbons (Fsp3) is 0.467. The van der Waals surface area contributed by atoms with Gasteiger partial charge in [-0.3, -0.25) is 4.79 Å². The lowest BCUT2D eigenvalue weighted by atomic mass is 9.96. The first kappa shape index (κ1) is 15.3. The van der Waals surface area contributed by atoms with Gasteiger partial charge in [-0.05, 0) is 25.0 Å². The number of benzene rings is 1. The van der Waals surface area contributed by atoms with Gasteiger partial charge in [0.2, 0.25) is 5.91 Å². The fourth-order valence-electron chi connectivity index (χ4n) is 2.45. The van der Waals surface area contributed by atoms with E-state index in [0.717, 1.165) is 0 Å². The number of rotatable bonds is 2. The Morgan fingerprint density at radius 2 is 1.86 bits per heavy atom. The minimum absolute atomic E-state index is 0.0301. The van der Waals surface area contributed by atoms with E-state index in [1.807, 2.05) is 0 Å². The van der Waals surface area contributed by atoms with Crippen LogP contribution >= 0.6 is 0 Å². The standard InChI is InChI=1S/C15H20FN3O2/c1-18(2)14(20)11-7-9-19(10-8-11)15(21)17-13-6-4-3-5-12(13)16/h3-6,11H,7-10H2,1-2H3,(H,17,21). The van der Waals surface area contributed by atoms with Gasteiger partial charge in [0.15, 0.2) is 0 Å². The lowest BCUT2D eigenvalue weighted by molar-refractivity contribution is -0.134. The molecular formula is C15H20FN3O2. The van der Waals surface area contributed by atoms with Crippen LogP contribution in [-0.4, -0.2) is 48.9 Å². The van der Waals surface area contributed by atoms with E-state index in [4.69, 9.17) is 0 Å². The average Bonchev–Trinajstić information content (AvgIpc) is 2.49. The zero-order chi connectivity index (χ0) is 15.4. The first-order valence-electron chi connectivity index (χ1n) is 7.00. The molecule has 0 unspecified atom stereocenters.